The second-order valence-corrected chi connectivity index (χ2v) is 9.25. The quantitative estimate of drug-likeness (QED) is 0.327. The third kappa shape index (κ3) is 3.93. The number of aromatic nitrogens is 6. The SMILES string of the molecule is CCNCc1cncc(-c2cnc3n[nH]c(-c4nc5c(N6CCCCC6)cccc5[nH]4)c3c2)c1C. The van der Waals surface area contributed by atoms with Crippen molar-refractivity contribution < 1.29 is 0 Å². The van der Waals surface area contributed by atoms with Gasteiger partial charge in [-0.05, 0) is 62.1 Å². The number of hydrogen-bond acceptors (Lipinski definition) is 6. The van der Waals surface area contributed by atoms with Crippen molar-refractivity contribution in [2.45, 2.75) is 39.7 Å². The summed E-state index contributed by atoms with van der Waals surface area (Å²) in [4.78, 5) is 20.1. The molecule has 1 saturated heterocycles. The Balaban J connectivity index is 1.42. The van der Waals surface area contributed by atoms with Crippen molar-refractivity contribution in [3.8, 4) is 22.6 Å². The topological polar surface area (TPSA) is 98.4 Å². The first-order valence-electron chi connectivity index (χ1n) is 12.5. The second-order valence-electron chi connectivity index (χ2n) is 9.25. The van der Waals surface area contributed by atoms with Gasteiger partial charge in [0.15, 0.2) is 11.5 Å². The van der Waals surface area contributed by atoms with E-state index < -0.39 is 0 Å². The van der Waals surface area contributed by atoms with Gasteiger partial charge in [0.05, 0.1) is 16.6 Å². The Morgan fingerprint density at radius 3 is 2.83 bits per heavy atom. The largest absolute Gasteiger partial charge is 0.370 e. The molecule has 1 aliphatic heterocycles. The molecule has 35 heavy (non-hydrogen) atoms. The summed E-state index contributed by atoms with van der Waals surface area (Å²) in [6.07, 6.45) is 9.50. The Bertz CT molecular complexity index is 1490. The average Bonchev–Trinajstić information content (AvgIpc) is 3.52. The van der Waals surface area contributed by atoms with E-state index in [1.165, 1.54) is 36.1 Å². The number of anilines is 1. The molecule has 5 heterocycles. The zero-order valence-corrected chi connectivity index (χ0v) is 20.2. The maximum Gasteiger partial charge on any atom is 0.181 e. The summed E-state index contributed by atoms with van der Waals surface area (Å²) in [5.74, 6) is 0.779. The fraction of sp³-hybridized carbons (Fsp3) is 0.333. The van der Waals surface area contributed by atoms with Crippen LogP contribution in [0.25, 0.3) is 44.7 Å². The predicted molar refractivity (Wildman–Crippen MR) is 140 cm³/mol. The van der Waals surface area contributed by atoms with Crippen LogP contribution in [-0.4, -0.2) is 49.8 Å². The number of nitrogens with zero attached hydrogens (tertiary/aromatic N) is 5. The first-order chi connectivity index (χ1) is 17.2. The second kappa shape index (κ2) is 9.11. The Morgan fingerprint density at radius 2 is 1.97 bits per heavy atom. The predicted octanol–water partition coefficient (Wildman–Crippen LogP) is 4.97. The highest BCUT2D eigenvalue weighted by atomic mass is 15.2. The van der Waals surface area contributed by atoms with E-state index in [-0.39, 0.29) is 0 Å². The molecular weight excluding hydrogens is 436 g/mol. The number of aromatic amines is 2. The van der Waals surface area contributed by atoms with Crippen molar-refractivity contribution in [1.29, 1.82) is 0 Å². The molecule has 0 amide bonds. The minimum atomic E-state index is 0.676. The van der Waals surface area contributed by atoms with E-state index in [1.807, 2.05) is 18.6 Å². The number of hydrogen-bond donors (Lipinski definition) is 3. The average molecular weight is 467 g/mol. The molecule has 0 saturated carbocycles. The minimum Gasteiger partial charge on any atom is -0.370 e. The fourth-order valence-corrected chi connectivity index (χ4v) is 5.05. The van der Waals surface area contributed by atoms with Gasteiger partial charge in [0, 0.05) is 49.4 Å². The van der Waals surface area contributed by atoms with Crippen LogP contribution in [0.5, 0.6) is 0 Å². The zero-order valence-electron chi connectivity index (χ0n) is 20.2. The van der Waals surface area contributed by atoms with Crippen molar-refractivity contribution in [2.24, 2.45) is 0 Å². The van der Waals surface area contributed by atoms with Gasteiger partial charge in [0.2, 0.25) is 0 Å². The van der Waals surface area contributed by atoms with Gasteiger partial charge in [0.25, 0.3) is 0 Å². The number of fused-ring (bicyclic) bond motifs is 2. The molecule has 6 rings (SSSR count). The molecular formula is C27H30N8. The number of rotatable bonds is 6. The van der Waals surface area contributed by atoms with E-state index in [2.05, 4.69) is 73.5 Å². The van der Waals surface area contributed by atoms with Crippen molar-refractivity contribution in [1.82, 2.24) is 35.5 Å². The summed E-state index contributed by atoms with van der Waals surface area (Å²) < 4.78 is 0. The van der Waals surface area contributed by atoms with Crippen LogP contribution in [-0.2, 0) is 6.54 Å². The lowest BCUT2D eigenvalue weighted by atomic mass is 9.99. The molecule has 1 aliphatic rings. The van der Waals surface area contributed by atoms with Crippen LogP contribution in [0.1, 0.15) is 37.3 Å². The van der Waals surface area contributed by atoms with Crippen molar-refractivity contribution in [3.05, 3.63) is 54.0 Å². The van der Waals surface area contributed by atoms with Gasteiger partial charge in [-0.2, -0.15) is 5.10 Å². The van der Waals surface area contributed by atoms with Crippen molar-refractivity contribution in [2.75, 3.05) is 24.5 Å². The molecule has 1 aromatic carbocycles. The van der Waals surface area contributed by atoms with Crippen LogP contribution in [0.3, 0.4) is 0 Å². The number of piperidine rings is 1. The van der Waals surface area contributed by atoms with Crippen LogP contribution in [0, 0.1) is 6.92 Å². The molecule has 8 nitrogen and oxygen atoms in total. The third-order valence-electron chi connectivity index (χ3n) is 7.03. The first kappa shape index (κ1) is 21.7. The Kier molecular flexibility index (Phi) is 5.66. The highest BCUT2D eigenvalue weighted by Crippen LogP contribution is 2.33. The standard InChI is InChI=1S/C27H30N8/c1-3-28-13-19-14-29-16-21(17(19)2)18-12-20-24(33-34-26(20)30-15-18)27-31-22-8-7-9-23(25(22)32-27)35-10-5-4-6-11-35/h7-9,12,14-16,28H,3-6,10-11,13H2,1-2H3,(H,31,32)(H,30,33,34). The molecule has 0 atom stereocenters. The fourth-order valence-electron chi connectivity index (χ4n) is 5.05. The number of pyridine rings is 2. The third-order valence-corrected chi connectivity index (χ3v) is 7.03. The molecule has 8 heteroatoms. The lowest BCUT2D eigenvalue weighted by molar-refractivity contribution is 0.579. The highest BCUT2D eigenvalue weighted by Gasteiger charge is 2.19. The highest BCUT2D eigenvalue weighted by molar-refractivity contribution is 5.96. The molecule has 0 spiro atoms. The van der Waals surface area contributed by atoms with Gasteiger partial charge < -0.3 is 15.2 Å². The number of nitrogens with one attached hydrogen (secondary N) is 3. The molecule has 5 aromatic rings. The van der Waals surface area contributed by atoms with Gasteiger partial charge in [-0.1, -0.05) is 13.0 Å². The van der Waals surface area contributed by atoms with Gasteiger partial charge in [-0.15, -0.1) is 0 Å². The van der Waals surface area contributed by atoms with Crippen LogP contribution in [0.4, 0.5) is 5.69 Å². The molecule has 1 fully saturated rings. The lowest BCUT2D eigenvalue weighted by Gasteiger charge is -2.28. The van der Waals surface area contributed by atoms with Gasteiger partial charge in [-0.25, -0.2) is 9.97 Å². The number of benzene rings is 1. The first-order valence-corrected chi connectivity index (χ1v) is 12.5. The smallest absolute Gasteiger partial charge is 0.181 e. The minimum absolute atomic E-state index is 0.676. The van der Waals surface area contributed by atoms with E-state index >= 15 is 0 Å². The summed E-state index contributed by atoms with van der Waals surface area (Å²) in [5.41, 5.74) is 9.28. The number of H-pyrrole nitrogens is 2. The van der Waals surface area contributed by atoms with Gasteiger partial charge in [-0.3, -0.25) is 10.1 Å². The van der Waals surface area contributed by atoms with E-state index in [0.717, 1.165) is 65.2 Å². The Labute approximate surface area is 204 Å². The maximum atomic E-state index is 5.03. The van der Waals surface area contributed by atoms with Gasteiger partial charge >= 0.3 is 0 Å². The molecule has 0 radical (unpaired) electrons. The van der Waals surface area contributed by atoms with Crippen molar-refractivity contribution in [3.63, 3.8) is 0 Å². The normalized spacial score (nSPS) is 14.3. The van der Waals surface area contributed by atoms with E-state index in [4.69, 9.17) is 4.98 Å². The summed E-state index contributed by atoms with van der Waals surface area (Å²) >= 11 is 0. The zero-order chi connectivity index (χ0) is 23.8. The van der Waals surface area contributed by atoms with Crippen LogP contribution >= 0.6 is 0 Å². The van der Waals surface area contributed by atoms with Crippen LogP contribution in [0.15, 0.2) is 42.9 Å². The molecule has 4 aromatic heterocycles. The molecule has 3 N–H and O–H groups in total. The van der Waals surface area contributed by atoms with Crippen LogP contribution in [0.2, 0.25) is 0 Å². The van der Waals surface area contributed by atoms with Crippen LogP contribution < -0.4 is 10.2 Å². The number of imidazole rings is 1. The van der Waals surface area contributed by atoms with E-state index in [0.29, 0.717) is 5.65 Å². The van der Waals surface area contributed by atoms with Gasteiger partial charge in [0.1, 0.15) is 11.2 Å². The summed E-state index contributed by atoms with van der Waals surface area (Å²) in [7, 11) is 0. The Morgan fingerprint density at radius 1 is 1.09 bits per heavy atom. The maximum absolute atomic E-state index is 5.03. The summed E-state index contributed by atoms with van der Waals surface area (Å²) in [6, 6.07) is 8.52. The molecule has 0 unspecified atom stereocenters. The van der Waals surface area contributed by atoms with Crippen molar-refractivity contribution >= 4 is 27.8 Å². The molecule has 178 valence electrons. The monoisotopic (exact) mass is 466 g/mol. The molecule has 0 aliphatic carbocycles. The lowest BCUT2D eigenvalue weighted by Crippen LogP contribution is -2.29. The number of para-hydroxylation sites is 1. The summed E-state index contributed by atoms with van der Waals surface area (Å²) in [5, 5.41) is 12.0. The Hall–Kier alpha value is -3.78. The van der Waals surface area contributed by atoms with E-state index in [9.17, 15) is 0 Å². The summed E-state index contributed by atoms with van der Waals surface area (Å²) in [6.45, 7) is 8.15. The molecule has 0 bridgehead atoms. The van der Waals surface area contributed by atoms with E-state index in [1.54, 1.807) is 0 Å².